The van der Waals surface area contributed by atoms with Crippen LogP contribution >= 0.6 is 0 Å². The molecule has 0 saturated carbocycles. The van der Waals surface area contributed by atoms with Gasteiger partial charge >= 0.3 is 0 Å². The average molecular weight is 390 g/mol. The quantitative estimate of drug-likeness (QED) is 0.706. The zero-order chi connectivity index (χ0) is 19.8. The van der Waals surface area contributed by atoms with Crippen molar-refractivity contribution < 1.29 is 22.1 Å². The summed E-state index contributed by atoms with van der Waals surface area (Å²) in [6, 6.07) is 8.55. The first kappa shape index (κ1) is 18.9. The first-order valence-corrected chi connectivity index (χ1v) is 9.61. The summed E-state index contributed by atoms with van der Waals surface area (Å²) >= 11 is 0. The minimum Gasteiger partial charge on any atom is -0.495 e. The molecule has 1 N–H and O–H groups in total. The second-order valence-electron chi connectivity index (χ2n) is 6.15. The summed E-state index contributed by atoms with van der Waals surface area (Å²) in [6.45, 7) is 5.28. The highest BCUT2D eigenvalue weighted by molar-refractivity contribution is 7.92. The first-order valence-electron chi connectivity index (χ1n) is 8.13. The molecule has 6 nitrogen and oxygen atoms in total. The van der Waals surface area contributed by atoms with Gasteiger partial charge in [-0.1, -0.05) is 5.16 Å². The van der Waals surface area contributed by atoms with Gasteiger partial charge in [0, 0.05) is 11.1 Å². The van der Waals surface area contributed by atoms with Crippen molar-refractivity contribution in [3.63, 3.8) is 0 Å². The number of aryl methyl sites for hydroxylation is 2. The topological polar surface area (TPSA) is 81.4 Å². The number of methoxy groups -OCH3 is 1. The van der Waals surface area contributed by atoms with E-state index < -0.39 is 15.8 Å². The molecule has 0 atom stereocenters. The summed E-state index contributed by atoms with van der Waals surface area (Å²) in [4.78, 5) is -0.0559. The van der Waals surface area contributed by atoms with Gasteiger partial charge in [-0.05, 0) is 62.7 Å². The number of halogens is 1. The van der Waals surface area contributed by atoms with Gasteiger partial charge in [-0.3, -0.25) is 4.72 Å². The fraction of sp³-hybridized carbons (Fsp3) is 0.211. The Kier molecular flexibility index (Phi) is 4.93. The van der Waals surface area contributed by atoms with Crippen LogP contribution in [0.4, 0.5) is 10.1 Å². The third-order valence-corrected chi connectivity index (χ3v) is 5.69. The third-order valence-electron chi connectivity index (χ3n) is 4.31. The Morgan fingerprint density at radius 2 is 1.85 bits per heavy atom. The van der Waals surface area contributed by atoms with E-state index in [0.29, 0.717) is 16.9 Å². The second kappa shape index (κ2) is 7.03. The van der Waals surface area contributed by atoms with E-state index in [2.05, 4.69) is 9.88 Å². The van der Waals surface area contributed by atoms with Gasteiger partial charge in [-0.25, -0.2) is 12.8 Å². The van der Waals surface area contributed by atoms with Gasteiger partial charge in [0.05, 0.1) is 18.5 Å². The minimum atomic E-state index is -3.99. The monoisotopic (exact) mass is 390 g/mol. The van der Waals surface area contributed by atoms with E-state index in [4.69, 9.17) is 9.26 Å². The van der Waals surface area contributed by atoms with Gasteiger partial charge in [-0.2, -0.15) is 0 Å². The number of benzene rings is 2. The summed E-state index contributed by atoms with van der Waals surface area (Å²) in [5.74, 6) is 0.232. The van der Waals surface area contributed by atoms with Crippen molar-refractivity contribution in [1.82, 2.24) is 5.16 Å². The minimum absolute atomic E-state index is 0.0559. The maximum absolute atomic E-state index is 13.3. The number of ether oxygens (including phenoxy) is 1. The molecule has 1 aromatic heterocycles. The molecule has 0 aliphatic rings. The number of hydrogen-bond acceptors (Lipinski definition) is 5. The van der Waals surface area contributed by atoms with E-state index in [1.807, 2.05) is 13.8 Å². The van der Waals surface area contributed by atoms with Crippen LogP contribution in [0.2, 0.25) is 0 Å². The number of nitrogens with zero attached hydrogens (tertiary/aromatic N) is 1. The molecule has 27 heavy (non-hydrogen) atoms. The molecule has 0 fully saturated rings. The molecule has 0 aliphatic heterocycles. The standard InChI is InChI=1S/C19H19FN2O4S/c1-11-9-15(20)6-7-16(11)22-27(23,24)18-10-14(5-8-17(18)25-4)19-12(2)13(3)21-26-19/h5-10,22H,1-4H3. The Labute approximate surface area is 157 Å². The molecule has 0 amide bonds. The van der Waals surface area contributed by atoms with E-state index in [0.717, 1.165) is 11.3 Å². The zero-order valence-electron chi connectivity index (χ0n) is 15.3. The molecule has 0 unspecified atom stereocenters. The van der Waals surface area contributed by atoms with E-state index in [-0.39, 0.29) is 16.3 Å². The highest BCUT2D eigenvalue weighted by atomic mass is 32.2. The van der Waals surface area contributed by atoms with Crippen LogP contribution in [0.3, 0.4) is 0 Å². The van der Waals surface area contributed by atoms with Crippen molar-refractivity contribution in [3.8, 4) is 17.1 Å². The van der Waals surface area contributed by atoms with Gasteiger partial charge in [0.2, 0.25) is 0 Å². The van der Waals surface area contributed by atoms with Crippen LogP contribution in [0, 0.1) is 26.6 Å². The fourth-order valence-electron chi connectivity index (χ4n) is 2.65. The molecule has 0 aliphatic carbocycles. The van der Waals surface area contributed by atoms with Crippen molar-refractivity contribution in [1.29, 1.82) is 0 Å². The molecule has 1 heterocycles. The predicted molar refractivity (Wildman–Crippen MR) is 99.9 cm³/mol. The maximum Gasteiger partial charge on any atom is 0.265 e. The molecule has 0 saturated heterocycles. The molecule has 8 heteroatoms. The predicted octanol–water partition coefficient (Wildman–Crippen LogP) is 4.22. The van der Waals surface area contributed by atoms with E-state index in [9.17, 15) is 12.8 Å². The Morgan fingerprint density at radius 3 is 2.44 bits per heavy atom. The van der Waals surface area contributed by atoms with Crippen molar-refractivity contribution in [2.45, 2.75) is 25.7 Å². The van der Waals surface area contributed by atoms with Gasteiger partial charge in [0.1, 0.15) is 16.5 Å². The van der Waals surface area contributed by atoms with Crippen LogP contribution in [0.1, 0.15) is 16.8 Å². The van der Waals surface area contributed by atoms with Crippen LogP contribution in [0.25, 0.3) is 11.3 Å². The highest BCUT2D eigenvalue weighted by Gasteiger charge is 2.23. The normalized spacial score (nSPS) is 11.4. The average Bonchev–Trinajstić information content (AvgIpc) is 2.96. The number of anilines is 1. The largest absolute Gasteiger partial charge is 0.495 e. The Bertz CT molecular complexity index is 1110. The lowest BCUT2D eigenvalue weighted by Crippen LogP contribution is -2.15. The Balaban J connectivity index is 2.08. The Hall–Kier alpha value is -2.87. The van der Waals surface area contributed by atoms with Crippen molar-refractivity contribution >= 4 is 15.7 Å². The van der Waals surface area contributed by atoms with E-state index in [1.54, 1.807) is 19.1 Å². The molecule has 3 rings (SSSR count). The molecule has 142 valence electrons. The molecule has 0 spiro atoms. The summed E-state index contributed by atoms with van der Waals surface area (Å²) in [6.07, 6.45) is 0. The molecular formula is C19H19FN2O4S. The van der Waals surface area contributed by atoms with Gasteiger partial charge in [0.15, 0.2) is 5.76 Å². The van der Waals surface area contributed by atoms with Crippen LogP contribution in [-0.4, -0.2) is 20.7 Å². The molecule has 0 bridgehead atoms. The van der Waals surface area contributed by atoms with Gasteiger partial charge in [0.25, 0.3) is 10.0 Å². The lowest BCUT2D eigenvalue weighted by Gasteiger charge is -2.14. The highest BCUT2D eigenvalue weighted by Crippen LogP contribution is 2.33. The number of nitrogens with one attached hydrogen (secondary N) is 1. The van der Waals surface area contributed by atoms with E-state index in [1.165, 1.54) is 31.4 Å². The summed E-state index contributed by atoms with van der Waals surface area (Å²) in [7, 11) is -2.60. The smallest absolute Gasteiger partial charge is 0.265 e. The van der Waals surface area contributed by atoms with Gasteiger partial charge in [-0.15, -0.1) is 0 Å². The second-order valence-corrected chi connectivity index (χ2v) is 7.80. The van der Waals surface area contributed by atoms with Crippen LogP contribution in [0.5, 0.6) is 5.75 Å². The first-order chi connectivity index (χ1) is 12.7. The van der Waals surface area contributed by atoms with Crippen LogP contribution in [-0.2, 0) is 10.0 Å². The summed E-state index contributed by atoms with van der Waals surface area (Å²) in [5, 5.41) is 3.91. The number of rotatable bonds is 5. The van der Waals surface area contributed by atoms with Crippen LogP contribution < -0.4 is 9.46 Å². The number of hydrogen-bond donors (Lipinski definition) is 1. The SMILES string of the molecule is COc1ccc(-c2onc(C)c2C)cc1S(=O)(=O)Nc1ccc(F)cc1C. The fourth-order valence-corrected chi connectivity index (χ4v) is 3.98. The van der Waals surface area contributed by atoms with Crippen molar-refractivity contribution in [2.24, 2.45) is 0 Å². The third kappa shape index (κ3) is 3.66. The molecular weight excluding hydrogens is 371 g/mol. The maximum atomic E-state index is 13.3. The Morgan fingerprint density at radius 1 is 1.11 bits per heavy atom. The zero-order valence-corrected chi connectivity index (χ0v) is 16.1. The summed E-state index contributed by atoms with van der Waals surface area (Å²) in [5.41, 5.74) is 2.87. The molecule has 2 aromatic carbocycles. The van der Waals surface area contributed by atoms with Crippen LogP contribution in [0.15, 0.2) is 45.8 Å². The number of aromatic nitrogens is 1. The lowest BCUT2D eigenvalue weighted by molar-refractivity contribution is 0.402. The van der Waals surface area contributed by atoms with Gasteiger partial charge < -0.3 is 9.26 Å². The van der Waals surface area contributed by atoms with Crippen molar-refractivity contribution in [3.05, 3.63) is 59.0 Å². The molecule has 3 aromatic rings. The number of sulfonamides is 1. The lowest BCUT2D eigenvalue weighted by atomic mass is 10.1. The summed E-state index contributed by atoms with van der Waals surface area (Å²) < 4.78 is 52.2. The van der Waals surface area contributed by atoms with E-state index >= 15 is 0 Å². The molecule has 0 radical (unpaired) electrons. The van der Waals surface area contributed by atoms with Crippen molar-refractivity contribution in [2.75, 3.05) is 11.8 Å².